The fourth-order valence-corrected chi connectivity index (χ4v) is 2.05. The van der Waals surface area contributed by atoms with Crippen molar-refractivity contribution >= 4 is 11.6 Å². The molecule has 0 aromatic heterocycles. The molecule has 0 heterocycles. The molecule has 94 valence electrons. The first-order valence-electron chi connectivity index (χ1n) is 6.01. The summed E-state index contributed by atoms with van der Waals surface area (Å²) in [7, 11) is 2.14. The van der Waals surface area contributed by atoms with Gasteiger partial charge in [-0.25, -0.2) is 4.39 Å². The first kappa shape index (κ1) is 12.8. The molecule has 0 amide bonds. The van der Waals surface area contributed by atoms with Gasteiger partial charge in [0.05, 0.1) is 0 Å². The van der Waals surface area contributed by atoms with E-state index in [0.717, 1.165) is 19.1 Å². The lowest BCUT2D eigenvalue weighted by Crippen LogP contribution is -2.30. The van der Waals surface area contributed by atoms with E-state index in [2.05, 4.69) is 17.3 Å². The first-order chi connectivity index (χ1) is 8.16. The molecule has 2 rings (SSSR count). The number of nitrogens with one attached hydrogen (secondary N) is 1. The maximum absolute atomic E-state index is 13.4. The molecule has 1 N–H and O–H groups in total. The van der Waals surface area contributed by atoms with Gasteiger partial charge in [0.2, 0.25) is 0 Å². The second kappa shape index (κ2) is 5.80. The Labute approximate surface area is 107 Å². The van der Waals surface area contributed by atoms with Crippen molar-refractivity contribution in [2.24, 2.45) is 0 Å². The first-order valence-corrected chi connectivity index (χ1v) is 6.39. The quantitative estimate of drug-likeness (QED) is 0.788. The van der Waals surface area contributed by atoms with Crippen molar-refractivity contribution in [3.05, 3.63) is 34.6 Å². The molecule has 0 radical (unpaired) electrons. The van der Waals surface area contributed by atoms with Gasteiger partial charge in [0, 0.05) is 36.3 Å². The lowest BCUT2D eigenvalue weighted by Gasteiger charge is -2.15. The molecule has 0 bridgehead atoms. The summed E-state index contributed by atoms with van der Waals surface area (Å²) in [4.78, 5) is 2.35. The Kier molecular flexibility index (Phi) is 4.37. The third-order valence-electron chi connectivity index (χ3n) is 3.13. The van der Waals surface area contributed by atoms with Crippen LogP contribution in [0.3, 0.4) is 0 Å². The van der Waals surface area contributed by atoms with Crippen molar-refractivity contribution in [1.29, 1.82) is 0 Å². The summed E-state index contributed by atoms with van der Waals surface area (Å²) in [6.45, 7) is 2.41. The number of hydrogen-bond acceptors (Lipinski definition) is 2. The number of rotatable bonds is 6. The van der Waals surface area contributed by atoms with Crippen molar-refractivity contribution in [2.75, 3.05) is 20.1 Å². The molecule has 1 aliphatic rings. The zero-order valence-corrected chi connectivity index (χ0v) is 10.8. The average Bonchev–Trinajstić information content (AvgIpc) is 3.12. The second-order valence-corrected chi connectivity index (χ2v) is 5.06. The Morgan fingerprint density at radius 2 is 2.24 bits per heavy atom. The fourth-order valence-electron chi connectivity index (χ4n) is 1.86. The summed E-state index contributed by atoms with van der Waals surface area (Å²) in [5.41, 5.74) is 0.631. The van der Waals surface area contributed by atoms with Crippen LogP contribution in [0.25, 0.3) is 0 Å². The molecule has 0 atom stereocenters. The minimum absolute atomic E-state index is 0.197. The molecule has 4 heteroatoms. The van der Waals surface area contributed by atoms with E-state index in [0.29, 0.717) is 17.1 Å². The minimum Gasteiger partial charge on any atom is -0.311 e. The van der Waals surface area contributed by atoms with E-state index in [1.807, 2.05) is 0 Å². The lowest BCUT2D eigenvalue weighted by atomic mass is 10.2. The minimum atomic E-state index is -0.197. The normalized spacial score (nSPS) is 15.5. The maximum Gasteiger partial charge on any atom is 0.127 e. The van der Waals surface area contributed by atoms with Crippen LogP contribution in [0.15, 0.2) is 18.2 Å². The van der Waals surface area contributed by atoms with E-state index in [-0.39, 0.29) is 5.82 Å². The molecule has 0 unspecified atom stereocenters. The van der Waals surface area contributed by atoms with E-state index in [4.69, 9.17) is 11.6 Å². The molecule has 1 aromatic carbocycles. The Hall–Kier alpha value is -0.640. The summed E-state index contributed by atoms with van der Waals surface area (Å²) in [6, 6.07) is 5.44. The van der Waals surface area contributed by atoms with Crippen LogP contribution in [-0.4, -0.2) is 31.1 Å². The molecule has 17 heavy (non-hydrogen) atoms. The molecule has 1 aliphatic carbocycles. The van der Waals surface area contributed by atoms with Gasteiger partial charge >= 0.3 is 0 Å². The molecular formula is C13H18ClFN2. The molecule has 1 saturated carbocycles. The zero-order valence-electron chi connectivity index (χ0n) is 10.0. The Morgan fingerprint density at radius 3 is 2.94 bits per heavy atom. The Bertz CT molecular complexity index is 380. The predicted molar refractivity (Wildman–Crippen MR) is 68.8 cm³/mol. The third-order valence-corrected chi connectivity index (χ3v) is 3.37. The monoisotopic (exact) mass is 256 g/mol. The van der Waals surface area contributed by atoms with Crippen molar-refractivity contribution in [1.82, 2.24) is 10.2 Å². The number of likely N-dealkylation sites (N-methyl/N-ethyl adjacent to an activating group) is 1. The van der Waals surface area contributed by atoms with Crippen LogP contribution in [0, 0.1) is 5.82 Å². The van der Waals surface area contributed by atoms with Gasteiger partial charge in [0.25, 0.3) is 0 Å². The van der Waals surface area contributed by atoms with Crippen LogP contribution >= 0.6 is 11.6 Å². The van der Waals surface area contributed by atoms with Crippen LogP contribution in [0.1, 0.15) is 18.4 Å². The standard InChI is InChI=1S/C13H18ClFN2/c1-17(12-3-4-12)7-6-16-9-10-8-11(14)2-5-13(10)15/h2,5,8,12,16H,3-4,6-7,9H2,1H3. The Morgan fingerprint density at radius 1 is 1.47 bits per heavy atom. The van der Waals surface area contributed by atoms with Crippen LogP contribution < -0.4 is 5.32 Å². The molecule has 1 aromatic rings. The highest BCUT2D eigenvalue weighted by Gasteiger charge is 2.25. The smallest absolute Gasteiger partial charge is 0.127 e. The summed E-state index contributed by atoms with van der Waals surface area (Å²) in [5.74, 6) is -0.197. The molecule has 2 nitrogen and oxygen atoms in total. The predicted octanol–water partition coefficient (Wildman–Crippen LogP) is 2.66. The van der Waals surface area contributed by atoms with Gasteiger partial charge < -0.3 is 10.2 Å². The highest BCUT2D eigenvalue weighted by atomic mass is 35.5. The van der Waals surface area contributed by atoms with Crippen LogP contribution in [0.2, 0.25) is 5.02 Å². The van der Waals surface area contributed by atoms with E-state index in [1.165, 1.54) is 18.9 Å². The van der Waals surface area contributed by atoms with Crippen molar-refractivity contribution in [3.63, 3.8) is 0 Å². The average molecular weight is 257 g/mol. The summed E-state index contributed by atoms with van der Waals surface area (Å²) < 4.78 is 13.4. The summed E-state index contributed by atoms with van der Waals surface area (Å²) >= 11 is 5.83. The van der Waals surface area contributed by atoms with E-state index in [1.54, 1.807) is 12.1 Å². The molecule has 0 saturated heterocycles. The lowest BCUT2D eigenvalue weighted by molar-refractivity contribution is 0.321. The number of halogens is 2. The van der Waals surface area contributed by atoms with E-state index in [9.17, 15) is 4.39 Å². The Balaban J connectivity index is 1.71. The van der Waals surface area contributed by atoms with Crippen LogP contribution in [-0.2, 0) is 6.54 Å². The summed E-state index contributed by atoms with van der Waals surface area (Å²) in [5, 5.41) is 3.82. The maximum atomic E-state index is 13.4. The molecule has 1 fully saturated rings. The van der Waals surface area contributed by atoms with Crippen molar-refractivity contribution < 1.29 is 4.39 Å². The third kappa shape index (κ3) is 3.95. The van der Waals surface area contributed by atoms with Gasteiger partial charge in [-0.2, -0.15) is 0 Å². The molecular weight excluding hydrogens is 239 g/mol. The largest absolute Gasteiger partial charge is 0.311 e. The van der Waals surface area contributed by atoms with Gasteiger partial charge in [-0.1, -0.05) is 11.6 Å². The van der Waals surface area contributed by atoms with Gasteiger partial charge in [0.1, 0.15) is 5.82 Å². The molecule has 0 spiro atoms. The van der Waals surface area contributed by atoms with Crippen molar-refractivity contribution in [2.45, 2.75) is 25.4 Å². The number of hydrogen-bond donors (Lipinski definition) is 1. The second-order valence-electron chi connectivity index (χ2n) is 4.62. The van der Waals surface area contributed by atoms with Gasteiger partial charge in [-0.05, 0) is 38.1 Å². The van der Waals surface area contributed by atoms with Gasteiger partial charge in [0.15, 0.2) is 0 Å². The number of nitrogens with zero attached hydrogens (tertiary/aromatic N) is 1. The number of benzene rings is 1. The fraction of sp³-hybridized carbons (Fsp3) is 0.538. The topological polar surface area (TPSA) is 15.3 Å². The zero-order chi connectivity index (χ0) is 12.3. The highest BCUT2D eigenvalue weighted by molar-refractivity contribution is 6.30. The highest BCUT2D eigenvalue weighted by Crippen LogP contribution is 2.24. The SMILES string of the molecule is CN(CCNCc1cc(Cl)ccc1F)C1CC1. The van der Waals surface area contributed by atoms with E-state index >= 15 is 0 Å². The van der Waals surface area contributed by atoms with Crippen LogP contribution in [0.4, 0.5) is 4.39 Å². The molecule has 0 aliphatic heterocycles. The van der Waals surface area contributed by atoms with E-state index < -0.39 is 0 Å². The van der Waals surface area contributed by atoms with Gasteiger partial charge in [-0.3, -0.25) is 0 Å². The van der Waals surface area contributed by atoms with Crippen molar-refractivity contribution in [3.8, 4) is 0 Å². The summed E-state index contributed by atoms with van der Waals surface area (Å²) in [6.07, 6.45) is 2.64. The van der Waals surface area contributed by atoms with Crippen LogP contribution in [0.5, 0.6) is 0 Å². The van der Waals surface area contributed by atoms with Gasteiger partial charge in [-0.15, -0.1) is 0 Å².